The first-order valence-corrected chi connectivity index (χ1v) is 21.2. The Hall–Kier alpha value is -5.17. The molecule has 1 fully saturated rings. The summed E-state index contributed by atoms with van der Waals surface area (Å²) in [6, 6.07) is 18.3. The summed E-state index contributed by atoms with van der Waals surface area (Å²) in [5.41, 5.74) is 8.39. The van der Waals surface area contributed by atoms with Crippen molar-refractivity contribution in [2.45, 2.75) is 123 Å². The third-order valence-electron chi connectivity index (χ3n) is 11.3. The minimum Gasteiger partial charge on any atom is -0.368 e. The van der Waals surface area contributed by atoms with Gasteiger partial charge in [0, 0.05) is 37.4 Å². The molecule has 6 unspecified atom stereocenters. The Bertz CT molecular complexity index is 1850. The van der Waals surface area contributed by atoms with Crippen LogP contribution in [0.4, 0.5) is 8.78 Å². The molecular weight excluding hydrogens is 769 g/mol. The quantitative estimate of drug-likeness (QED) is 0.0760. The number of unbranched alkanes of at least 4 members (excludes halogenated alkanes) is 1. The summed E-state index contributed by atoms with van der Waals surface area (Å²) in [4.78, 5) is 66.7. The summed E-state index contributed by atoms with van der Waals surface area (Å²) in [6.07, 6.45) is 4.81. The van der Waals surface area contributed by atoms with Crippen LogP contribution in [0, 0.1) is 17.8 Å². The summed E-state index contributed by atoms with van der Waals surface area (Å²) in [6.45, 7) is 9.38. The third-order valence-corrected chi connectivity index (χ3v) is 11.3. The number of alkyl halides is 2. The van der Waals surface area contributed by atoms with E-state index in [0.29, 0.717) is 48.3 Å². The molecular formula is C47H63F2N5O6. The van der Waals surface area contributed by atoms with Gasteiger partial charge in [0.2, 0.25) is 23.6 Å². The third kappa shape index (κ3) is 15.1. The summed E-state index contributed by atoms with van der Waals surface area (Å²) in [5, 5.41) is 11.1. The van der Waals surface area contributed by atoms with Crippen LogP contribution in [0.5, 0.6) is 0 Å². The zero-order valence-electron chi connectivity index (χ0n) is 35.6. The number of carbonyl (C=O) groups is 5. The molecule has 0 aromatic heterocycles. The lowest BCUT2D eigenvalue weighted by atomic mass is 9.75. The van der Waals surface area contributed by atoms with Crippen LogP contribution in [0.25, 0.3) is 0 Å². The van der Waals surface area contributed by atoms with Gasteiger partial charge in [-0.25, -0.2) is 8.78 Å². The maximum Gasteiger partial charge on any atom is 0.270 e. The fourth-order valence-corrected chi connectivity index (χ4v) is 7.66. The van der Waals surface area contributed by atoms with Crippen LogP contribution in [-0.4, -0.2) is 66.9 Å². The van der Waals surface area contributed by atoms with Gasteiger partial charge in [0.25, 0.3) is 11.8 Å². The predicted octanol–water partition coefficient (Wildman–Crippen LogP) is 6.16. The van der Waals surface area contributed by atoms with Gasteiger partial charge in [0.1, 0.15) is 24.7 Å². The van der Waals surface area contributed by atoms with Crippen LogP contribution in [0.1, 0.15) is 106 Å². The molecule has 3 aromatic carbocycles. The zero-order chi connectivity index (χ0) is 43.8. The van der Waals surface area contributed by atoms with Gasteiger partial charge in [0.05, 0.1) is 6.10 Å². The first kappa shape index (κ1) is 47.5. The van der Waals surface area contributed by atoms with Crippen LogP contribution in [-0.2, 0) is 49.1 Å². The maximum absolute atomic E-state index is 14.1. The van der Waals surface area contributed by atoms with Crippen LogP contribution in [0.15, 0.2) is 78.9 Å². The van der Waals surface area contributed by atoms with Gasteiger partial charge in [0.15, 0.2) is 0 Å². The van der Waals surface area contributed by atoms with E-state index in [0.717, 1.165) is 43.7 Å². The number of benzene rings is 3. The molecule has 60 heavy (non-hydrogen) atoms. The Morgan fingerprint density at radius 1 is 0.783 bits per heavy atom. The number of primary amides is 1. The topological polar surface area (TPSA) is 169 Å². The van der Waals surface area contributed by atoms with Crippen molar-refractivity contribution in [2.75, 3.05) is 13.2 Å². The van der Waals surface area contributed by atoms with Gasteiger partial charge in [-0.15, -0.1) is 0 Å². The standard InChI is InChI=1S/C47H63F2N5O6/c1-6-32-16-20-35(21-17-32)44(57)51-25-11-10-14-38(43(50)56)53-46(59)40(28-34-18-22-36(23-19-34)47(5,48)49)54-45(58)39(27-33-12-8-7-9-13-33)52-42(55)29-60-41-26-31(4)15-24-37(41)30(2)3/h7-9,12-13,16-23,30-31,37-41H,6,10-11,14-15,24-29H2,1-5H3,(H2,50,56)(H,51,57)(H,52,55)(H,53,59)(H,54,58). The van der Waals surface area contributed by atoms with E-state index < -0.39 is 47.7 Å². The number of halogens is 2. The predicted molar refractivity (Wildman–Crippen MR) is 228 cm³/mol. The average Bonchev–Trinajstić information content (AvgIpc) is 3.21. The summed E-state index contributed by atoms with van der Waals surface area (Å²) < 4.78 is 34.3. The zero-order valence-corrected chi connectivity index (χ0v) is 35.6. The van der Waals surface area contributed by atoms with Crippen molar-refractivity contribution in [1.29, 1.82) is 0 Å². The van der Waals surface area contributed by atoms with Crippen molar-refractivity contribution in [3.05, 3.63) is 107 Å². The van der Waals surface area contributed by atoms with Gasteiger partial charge >= 0.3 is 0 Å². The van der Waals surface area contributed by atoms with E-state index in [2.05, 4.69) is 42.0 Å². The van der Waals surface area contributed by atoms with Crippen LogP contribution >= 0.6 is 0 Å². The lowest BCUT2D eigenvalue weighted by Gasteiger charge is -2.37. The highest BCUT2D eigenvalue weighted by molar-refractivity contribution is 5.95. The lowest BCUT2D eigenvalue weighted by molar-refractivity contribution is -0.136. The van der Waals surface area contributed by atoms with E-state index >= 15 is 0 Å². The Balaban J connectivity index is 1.46. The van der Waals surface area contributed by atoms with E-state index in [-0.39, 0.29) is 43.4 Å². The van der Waals surface area contributed by atoms with Crippen molar-refractivity contribution < 1.29 is 37.5 Å². The number of amides is 5. The molecule has 0 radical (unpaired) electrons. The van der Waals surface area contributed by atoms with Gasteiger partial charge in [-0.05, 0) is 85.1 Å². The van der Waals surface area contributed by atoms with Crippen LogP contribution in [0.2, 0.25) is 0 Å². The van der Waals surface area contributed by atoms with E-state index in [1.807, 2.05) is 49.4 Å². The minimum absolute atomic E-state index is 0.0894. The molecule has 0 aliphatic heterocycles. The Kier molecular flexibility index (Phi) is 18.2. The molecule has 0 bridgehead atoms. The number of hydrogen-bond acceptors (Lipinski definition) is 6. The number of ether oxygens (including phenoxy) is 1. The molecule has 0 heterocycles. The molecule has 6 atom stereocenters. The number of hydrogen-bond donors (Lipinski definition) is 5. The van der Waals surface area contributed by atoms with E-state index in [1.54, 1.807) is 12.1 Å². The Labute approximate surface area is 353 Å². The fourth-order valence-electron chi connectivity index (χ4n) is 7.66. The highest BCUT2D eigenvalue weighted by Gasteiger charge is 2.33. The monoisotopic (exact) mass is 831 g/mol. The molecule has 0 saturated heterocycles. The van der Waals surface area contributed by atoms with Gasteiger partial charge in [-0.2, -0.15) is 0 Å². The number of aryl methyl sites for hydroxylation is 1. The van der Waals surface area contributed by atoms with Crippen molar-refractivity contribution in [3.63, 3.8) is 0 Å². The minimum atomic E-state index is -3.08. The molecule has 13 heteroatoms. The molecule has 4 rings (SSSR count). The number of carbonyl (C=O) groups excluding carboxylic acids is 5. The smallest absolute Gasteiger partial charge is 0.270 e. The van der Waals surface area contributed by atoms with E-state index in [9.17, 15) is 32.8 Å². The fraction of sp³-hybridized carbons (Fsp3) is 0.511. The molecule has 6 N–H and O–H groups in total. The van der Waals surface area contributed by atoms with Gasteiger partial charge in [-0.3, -0.25) is 24.0 Å². The second-order valence-electron chi connectivity index (χ2n) is 16.6. The molecule has 0 spiro atoms. The number of nitrogens with one attached hydrogen (secondary N) is 4. The number of nitrogens with two attached hydrogens (primary N) is 1. The maximum atomic E-state index is 14.1. The lowest BCUT2D eigenvalue weighted by Crippen LogP contribution is -2.57. The largest absolute Gasteiger partial charge is 0.368 e. The Morgan fingerprint density at radius 2 is 1.37 bits per heavy atom. The highest BCUT2D eigenvalue weighted by atomic mass is 19.3. The van der Waals surface area contributed by atoms with Crippen molar-refractivity contribution in [3.8, 4) is 0 Å². The Morgan fingerprint density at radius 3 is 1.95 bits per heavy atom. The summed E-state index contributed by atoms with van der Waals surface area (Å²) in [5.74, 6) is -4.79. The summed E-state index contributed by atoms with van der Waals surface area (Å²) >= 11 is 0. The molecule has 5 amide bonds. The summed E-state index contributed by atoms with van der Waals surface area (Å²) in [7, 11) is 0. The SMILES string of the molecule is CCc1ccc(C(=O)NCCCCC(NC(=O)C(Cc2ccc(C(C)(F)F)cc2)NC(=O)C(Cc2ccccc2)NC(=O)COC2CC(C)CCC2C(C)C)C(N)=O)cc1. The molecule has 1 saturated carbocycles. The van der Waals surface area contributed by atoms with Gasteiger partial charge in [-0.1, -0.05) is 101 Å². The second-order valence-corrected chi connectivity index (χ2v) is 16.6. The second kappa shape index (κ2) is 23.0. The average molecular weight is 832 g/mol. The molecule has 1 aliphatic rings. The first-order chi connectivity index (χ1) is 28.5. The molecule has 11 nitrogen and oxygen atoms in total. The normalized spacial score (nSPS) is 18.2. The molecule has 1 aliphatic carbocycles. The van der Waals surface area contributed by atoms with Crippen LogP contribution < -0.4 is 27.0 Å². The number of rotatable bonds is 22. The highest BCUT2D eigenvalue weighted by Crippen LogP contribution is 2.35. The van der Waals surface area contributed by atoms with Crippen molar-refractivity contribution >= 4 is 29.5 Å². The van der Waals surface area contributed by atoms with Crippen LogP contribution in [0.3, 0.4) is 0 Å². The van der Waals surface area contributed by atoms with E-state index in [4.69, 9.17) is 10.5 Å². The van der Waals surface area contributed by atoms with Crippen molar-refractivity contribution in [2.24, 2.45) is 23.5 Å². The van der Waals surface area contributed by atoms with Gasteiger partial charge < -0.3 is 31.7 Å². The molecule has 3 aromatic rings. The first-order valence-electron chi connectivity index (χ1n) is 21.2. The molecule has 326 valence electrons. The van der Waals surface area contributed by atoms with Crippen molar-refractivity contribution in [1.82, 2.24) is 21.3 Å². The van der Waals surface area contributed by atoms with E-state index in [1.165, 1.54) is 24.3 Å².